The van der Waals surface area contributed by atoms with Crippen molar-refractivity contribution in [2.75, 3.05) is 50.5 Å². The maximum atomic E-state index is 14.0. The van der Waals surface area contributed by atoms with Crippen molar-refractivity contribution < 1.29 is 180 Å². The van der Waals surface area contributed by atoms with Crippen molar-refractivity contribution in [3.8, 4) is 45.0 Å². The van der Waals surface area contributed by atoms with Crippen LogP contribution in [-0.2, 0) is 153 Å². The third-order valence-corrected chi connectivity index (χ3v) is 18.4. The fourth-order valence-corrected chi connectivity index (χ4v) is 12.4. The van der Waals surface area contributed by atoms with Gasteiger partial charge in [-0.05, 0) is 126 Å². The summed E-state index contributed by atoms with van der Waals surface area (Å²) < 4.78 is 116. The van der Waals surface area contributed by atoms with Crippen LogP contribution in [0.3, 0.4) is 0 Å². The van der Waals surface area contributed by atoms with Crippen LogP contribution in [0.5, 0.6) is 0 Å². The Balaban J connectivity index is 0.000000239. The molecule has 0 saturated carbocycles. The van der Waals surface area contributed by atoms with Crippen LogP contribution in [-0.4, -0.2) is 55.9 Å². The molecule has 133 heavy (non-hydrogen) atoms. The molecule has 5 aromatic heterocycles. The average molecular weight is 3020 g/mol. The molecule has 7 radical (unpaired) electrons. The Labute approximate surface area is 859 Å². The van der Waals surface area contributed by atoms with E-state index in [4.69, 9.17) is 29.7 Å². The van der Waals surface area contributed by atoms with Gasteiger partial charge >= 0.3 is 12.4 Å². The molecule has 0 bridgehead atoms. The van der Waals surface area contributed by atoms with Crippen molar-refractivity contribution in [3.05, 3.63) is 460 Å². The third kappa shape index (κ3) is 29.3. The van der Waals surface area contributed by atoms with Crippen LogP contribution in [0.2, 0.25) is 0 Å². The van der Waals surface area contributed by atoms with Crippen LogP contribution >= 0.6 is 0 Å². The first kappa shape index (κ1) is 110. The molecular formula is C101H67F9Ir7N16-10. The van der Waals surface area contributed by atoms with Gasteiger partial charge in [-0.2, -0.15) is 130 Å². The number of anilines is 10. The Kier molecular flexibility index (Phi) is 43.9. The number of aromatic nitrogens is 6. The predicted molar refractivity (Wildman–Crippen MR) is 473 cm³/mol. The zero-order valence-electron chi connectivity index (χ0n) is 69.4. The van der Waals surface area contributed by atoms with Gasteiger partial charge in [-0.3, -0.25) is 27.7 Å². The van der Waals surface area contributed by atoms with Gasteiger partial charge in [0.1, 0.15) is 23.0 Å². The number of hydrogen-bond acceptors (Lipinski definition) is 13. The molecule has 3 aliphatic heterocycles. The summed E-state index contributed by atoms with van der Waals surface area (Å²) in [4.78, 5) is 49.4. The Bertz CT molecular complexity index is 6330. The second-order valence-electron chi connectivity index (χ2n) is 27.1. The molecule has 0 atom stereocenters. The van der Waals surface area contributed by atoms with E-state index in [9.17, 15) is 39.5 Å². The van der Waals surface area contributed by atoms with E-state index in [1.165, 1.54) is 48.0 Å². The van der Waals surface area contributed by atoms with Crippen LogP contribution in [0.15, 0.2) is 334 Å². The van der Waals surface area contributed by atoms with Crippen molar-refractivity contribution in [2.45, 2.75) is 12.4 Å². The summed E-state index contributed by atoms with van der Waals surface area (Å²) in [6.45, 7) is 26.6. The molecule has 0 amide bonds. The number of alkyl halides is 6. The maximum Gasteiger partial charge on any atom is 0.399 e. The Hall–Kier alpha value is -11.9. The van der Waals surface area contributed by atoms with E-state index in [-0.39, 0.29) is 169 Å². The van der Waals surface area contributed by atoms with E-state index in [0.717, 1.165) is 80.2 Å². The molecule has 19 rings (SSSR count). The number of para-hydroxylation sites is 9. The summed E-state index contributed by atoms with van der Waals surface area (Å²) in [6, 6.07) is 109. The normalized spacial score (nSPS) is 11.4. The molecule has 0 spiro atoms. The topological polar surface area (TPSA) is 113 Å². The minimum atomic E-state index is -4.91. The standard InChI is InChI=1S/C21H14N4.C19H14N2.C14H10F2N3.C13H6F6N.C12H6FN2.C12H7N2.C10H10N2.7Ir/c1-3-9-16(10-4-1)24-15-25(17-11-5-2-6-12-17)21-20(24)22-18-13-7-8-14-19(18)23-21;1-3-9-16(10-4-1)20-15-21(17-11-5-2-6-12-17)19-14-8-7-13-18(19)20;1-17-14-11(15)5-4-10(13(14)16)12-8-9(19(2)3)6-7-18-12;14-12(15,16)9-5-8(11-3-1-2-4-20-11)6-10(7-9)13(17,18)19;1-14-12-8-9(5-6-10(12)13)11-4-2-3-7-15-11;1-13-11-6-4-5-10(9-11)12-7-2-3-8-14-12;1-11-7-8-12(9-11)10-5-3-2-4-6-10;;;;;;;/h1-11,13-15H;1-11,13-15H;5-8H,2-3H3;1-5,7H;2-4,6-8H;2-4,6-9H;2-5,7-9H,1H3;;;;;;;/q2*-2;4*-1;-2;;;;;;;. The predicted octanol–water partition coefficient (Wildman–Crippen LogP) is 25.9. The van der Waals surface area contributed by atoms with E-state index in [1.807, 2.05) is 212 Å². The summed E-state index contributed by atoms with van der Waals surface area (Å²) in [7, 11) is 5.68. The van der Waals surface area contributed by atoms with E-state index >= 15 is 0 Å². The Morgan fingerprint density at radius 2 is 0.872 bits per heavy atom. The minimum absolute atomic E-state index is 0. The van der Waals surface area contributed by atoms with Crippen molar-refractivity contribution in [3.63, 3.8) is 0 Å². The molecule has 0 N–H and O–H groups in total. The van der Waals surface area contributed by atoms with Crippen LogP contribution in [0.25, 0.3) is 70.6 Å². The molecule has 0 unspecified atom stereocenters. The van der Waals surface area contributed by atoms with Crippen LogP contribution < -0.4 is 29.4 Å². The molecule has 8 heterocycles. The molecule has 687 valence electrons. The van der Waals surface area contributed by atoms with E-state index in [2.05, 4.69) is 159 Å². The van der Waals surface area contributed by atoms with Crippen molar-refractivity contribution in [1.82, 2.24) is 34.8 Å². The second-order valence-corrected chi connectivity index (χ2v) is 27.1. The fourth-order valence-electron chi connectivity index (χ4n) is 12.4. The van der Waals surface area contributed by atoms with Gasteiger partial charge in [-0.15, -0.1) is 119 Å². The summed E-state index contributed by atoms with van der Waals surface area (Å²) in [5.74, 6) is -0.768. The van der Waals surface area contributed by atoms with E-state index in [1.54, 1.807) is 54.9 Å². The maximum absolute atomic E-state index is 14.0. The SMILES string of the molecule is CN1C=CN(c2[c-]cccc2)[CH-]1.FC(F)(F)c1[c-]c(-c2ccccn2)cc(C(F)(F)F)c1.[C-]#[N+]c1c(F)c[c-]c(-c2cc(N(C)C)ccn2)c1F.[C-]#[N+]c1cc(-c2ccccn2)[c-]cc1F.[C-]#[N+]c1cc[c-]c(-c2ccccn2)c1.[Ir].[Ir].[Ir].[Ir].[Ir].[Ir].[Ir].[c-]1ccccc1N1[CH-]N(c2ccccc2)c2ccccc21.[c-]1ccccc1N1[CH-]N(c2ccccc2)c2nc3ccccc3nc21. The zero-order valence-corrected chi connectivity index (χ0v) is 86.1. The summed E-state index contributed by atoms with van der Waals surface area (Å²) >= 11 is 0. The number of nitrogens with zero attached hydrogens (tertiary/aromatic N) is 16. The Morgan fingerprint density at radius 3 is 1.37 bits per heavy atom. The van der Waals surface area contributed by atoms with Gasteiger partial charge in [0.25, 0.3) is 0 Å². The molecular weight excluding hydrogens is 2950 g/mol. The molecule has 0 saturated heterocycles. The monoisotopic (exact) mass is 3030 g/mol. The van der Waals surface area contributed by atoms with Crippen molar-refractivity contribution >= 4 is 85.2 Å². The van der Waals surface area contributed by atoms with Gasteiger partial charge in [0, 0.05) is 226 Å². The molecule has 0 fully saturated rings. The van der Waals surface area contributed by atoms with Gasteiger partial charge in [-0.1, -0.05) is 103 Å². The number of rotatable bonds is 10. The van der Waals surface area contributed by atoms with Gasteiger partial charge < -0.3 is 54.2 Å². The molecule has 3 aliphatic rings. The number of pyridine rings is 4. The molecule has 0 aliphatic carbocycles. The molecule has 32 heteroatoms. The van der Waals surface area contributed by atoms with Gasteiger partial charge in [0.05, 0.1) is 30.7 Å². The quantitative estimate of drug-likeness (QED) is 0.0957. The smallest absolute Gasteiger partial charge is 0.399 e. The number of hydrogen-bond donors (Lipinski definition) is 0. The summed E-state index contributed by atoms with van der Waals surface area (Å²) in [6.07, 6.45) is 0.392. The summed E-state index contributed by atoms with van der Waals surface area (Å²) in [5.41, 5.74) is 10.3. The van der Waals surface area contributed by atoms with Crippen molar-refractivity contribution in [2.24, 2.45) is 0 Å². The first-order valence-corrected chi connectivity index (χ1v) is 38.2. The zero-order chi connectivity index (χ0) is 88.5. The molecule has 16 aromatic rings. The number of fused-ring (bicyclic) bond motifs is 3. The second kappa shape index (κ2) is 53.1. The third-order valence-electron chi connectivity index (χ3n) is 18.4. The summed E-state index contributed by atoms with van der Waals surface area (Å²) in [5, 5.41) is 0. The van der Waals surface area contributed by atoms with Crippen LogP contribution in [0, 0.1) is 99.6 Å². The molecule has 11 aromatic carbocycles. The van der Waals surface area contributed by atoms with Crippen LogP contribution in [0.4, 0.5) is 114 Å². The largest absolute Gasteiger partial charge is 0.510 e. The van der Waals surface area contributed by atoms with E-state index < -0.39 is 46.6 Å². The first-order valence-electron chi connectivity index (χ1n) is 38.2. The molecule has 16 nitrogen and oxygen atoms in total. The van der Waals surface area contributed by atoms with Crippen LogP contribution in [0.1, 0.15) is 11.1 Å². The minimum Gasteiger partial charge on any atom is -0.510 e. The Morgan fingerprint density at radius 1 is 0.391 bits per heavy atom. The van der Waals surface area contributed by atoms with Crippen molar-refractivity contribution in [1.29, 1.82) is 0 Å². The van der Waals surface area contributed by atoms with Gasteiger partial charge in [0.2, 0.25) is 0 Å². The first-order chi connectivity index (χ1) is 61.1. The fraction of sp³-hybridized carbons (Fsp3) is 0.0495. The van der Waals surface area contributed by atoms with E-state index in [0.29, 0.717) is 28.7 Å². The number of benzene rings is 11. The number of halogens is 9. The average Bonchev–Trinajstić information content (AvgIpc) is 1.62. The van der Waals surface area contributed by atoms with Gasteiger partial charge in [-0.25, -0.2) is 9.97 Å². The van der Waals surface area contributed by atoms with Gasteiger partial charge in [0.15, 0.2) is 5.69 Å².